The van der Waals surface area contributed by atoms with E-state index in [4.69, 9.17) is 0 Å². The minimum atomic E-state index is -0.570. The predicted molar refractivity (Wildman–Crippen MR) is 61.2 cm³/mol. The van der Waals surface area contributed by atoms with Crippen LogP contribution in [0.1, 0.15) is 32.0 Å². The summed E-state index contributed by atoms with van der Waals surface area (Å²) in [4.78, 5) is 23.2. The van der Waals surface area contributed by atoms with Crippen LogP contribution in [-0.2, 0) is 4.79 Å². The van der Waals surface area contributed by atoms with Crippen LogP contribution < -0.4 is 10.9 Å². The molecule has 1 heterocycles. The van der Waals surface area contributed by atoms with E-state index in [1.807, 2.05) is 6.92 Å². The Morgan fingerprint density at radius 1 is 1.56 bits per heavy atom. The molecule has 1 amide bonds. The molecule has 16 heavy (non-hydrogen) atoms. The molecule has 1 atom stereocenters. The second-order valence-electron chi connectivity index (χ2n) is 3.72. The maximum atomic E-state index is 11.7. The van der Waals surface area contributed by atoms with E-state index in [0.29, 0.717) is 6.54 Å². The maximum absolute atomic E-state index is 11.7. The molecule has 1 aromatic rings. The van der Waals surface area contributed by atoms with E-state index in [9.17, 15) is 9.59 Å². The monoisotopic (exact) mass is 223 g/mol. The fourth-order valence-electron chi connectivity index (χ4n) is 1.31. The molecule has 0 aromatic carbocycles. The predicted octanol–water partition coefficient (Wildman–Crippen LogP) is 0.639. The van der Waals surface area contributed by atoms with Gasteiger partial charge in [0.15, 0.2) is 0 Å². The number of carbonyl (C=O) groups is 1. The summed E-state index contributed by atoms with van der Waals surface area (Å²) in [6.45, 7) is 6.04. The number of nitrogens with one attached hydrogen (secondary N) is 1. The number of aromatic nitrogens is 2. The first-order valence-corrected chi connectivity index (χ1v) is 5.40. The zero-order chi connectivity index (χ0) is 12.1. The number of amides is 1. The standard InChI is InChI=1S/C11H17N3O2/c1-4-7-12-11(16)9(3)14-10(15)6-5-8(2)13-14/h5-6,9H,4,7H2,1-3H3,(H,12,16). The number of hydrogen-bond acceptors (Lipinski definition) is 3. The van der Waals surface area contributed by atoms with Crippen molar-refractivity contribution >= 4 is 5.91 Å². The lowest BCUT2D eigenvalue weighted by Crippen LogP contribution is -2.37. The van der Waals surface area contributed by atoms with E-state index in [2.05, 4.69) is 10.4 Å². The molecule has 1 N–H and O–H groups in total. The van der Waals surface area contributed by atoms with Crippen molar-refractivity contribution in [1.82, 2.24) is 15.1 Å². The first kappa shape index (κ1) is 12.4. The Morgan fingerprint density at radius 2 is 2.25 bits per heavy atom. The molecule has 0 saturated heterocycles. The van der Waals surface area contributed by atoms with Crippen LogP contribution in [0.15, 0.2) is 16.9 Å². The van der Waals surface area contributed by atoms with Gasteiger partial charge in [0.05, 0.1) is 5.69 Å². The first-order valence-electron chi connectivity index (χ1n) is 5.40. The summed E-state index contributed by atoms with van der Waals surface area (Å²) in [6.07, 6.45) is 0.870. The van der Waals surface area contributed by atoms with Crippen LogP contribution in [0.25, 0.3) is 0 Å². The van der Waals surface area contributed by atoms with E-state index < -0.39 is 6.04 Å². The molecule has 5 nitrogen and oxygen atoms in total. The van der Waals surface area contributed by atoms with Crippen molar-refractivity contribution in [3.8, 4) is 0 Å². The Morgan fingerprint density at radius 3 is 2.88 bits per heavy atom. The lowest BCUT2D eigenvalue weighted by molar-refractivity contribution is -0.124. The van der Waals surface area contributed by atoms with Crippen molar-refractivity contribution in [2.24, 2.45) is 0 Å². The molecule has 0 spiro atoms. The quantitative estimate of drug-likeness (QED) is 0.814. The van der Waals surface area contributed by atoms with Gasteiger partial charge < -0.3 is 5.32 Å². The lowest BCUT2D eigenvalue weighted by atomic mass is 10.3. The second-order valence-corrected chi connectivity index (χ2v) is 3.72. The van der Waals surface area contributed by atoms with E-state index in [1.165, 1.54) is 10.7 Å². The van der Waals surface area contributed by atoms with Crippen molar-refractivity contribution in [2.45, 2.75) is 33.2 Å². The summed E-state index contributed by atoms with van der Waals surface area (Å²) in [5, 5.41) is 6.78. The van der Waals surface area contributed by atoms with Gasteiger partial charge in [-0.3, -0.25) is 9.59 Å². The van der Waals surface area contributed by atoms with Crippen LogP contribution in [-0.4, -0.2) is 22.2 Å². The lowest BCUT2D eigenvalue weighted by Gasteiger charge is -2.13. The van der Waals surface area contributed by atoms with Gasteiger partial charge >= 0.3 is 0 Å². The van der Waals surface area contributed by atoms with Gasteiger partial charge in [-0.05, 0) is 26.3 Å². The van der Waals surface area contributed by atoms with Gasteiger partial charge in [-0.15, -0.1) is 0 Å². The molecule has 0 radical (unpaired) electrons. The molecule has 0 fully saturated rings. The molecule has 0 saturated carbocycles. The number of carbonyl (C=O) groups excluding carboxylic acids is 1. The van der Waals surface area contributed by atoms with E-state index >= 15 is 0 Å². The van der Waals surface area contributed by atoms with Crippen LogP contribution in [0.2, 0.25) is 0 Å². The van der Waals surface area contributed by atoms with Crippen molar-refractivity contribution in [1.29, 1.82) is 0 Å². The Bertz CT molecular complexity index is 425. The van der Waals surface area contributed by atoms with Crippen molar-refractivity contribution in [3.05, 3.63) is 28.2 Å². The number of aryl methyl sites for hydroxylation is 1. The zero-order valence-electron chi connectivity index (χ0n) is 9.86. The highest BCUT2D eigenvalue weighted by molar-refractivity contribution is 5.79. The minimum absolute atomic E-state index is 0.179. The molecule has 1 rings (SSSR count). The smallest absolute Gasteiger partial charge is 0.267 e. The molecule has 0 aliphatic heterocycles. The van der Waals surface area contributed by atoms with Gasteiger partial charge in [0, 0.05) is 12.6 Å². The third-order valence-corrected chi connectivity index (χ3v) is 2.25. The van der Waals surface area contributed by atoms with Gasteiger partial charge in [-0.2, -0.15) is 5.10 Å². The number of rotatable bonds is 4. The molecule has 0 aliphatic rings. The second kappa shape index (κ2) is 5.44. The van der Waals surface area contributed by atoms with Gasteiger partial charge in [0.1, 0.15) is 6.04 Å². The Kier molecular flexibility index (Phi) is 4.22. The van der Waals surface area contributed by atoms with Crippen molar-refractivity contribution < 1.29 is 4.79 Å². The highest BCUT2D eigenvalue weighted by Gasteiger charge is 2.16. The Balaban J connectivity index is 2.87. The van der Waals surface area contributed by atoms with Crippen LogP contribution in [0.5, 0.6) is 0 Å². The van der Waals surface area contributed by atoms with Crippen LogP contribution in [0.3, 0.4) is 0 Å². The van der Waals surface area contributed by atoms with Gasteiger partial charge in [-0.25, -0.2) is 4.68 Å². The van der Waals surface area contributed by atoms with Gasteiger partial charge in [0.2, 0.25) is 5.91 Å². The van der Waals surface area contributed by atoms with Crippen LogP contribution in [0, 0.1) is 6.92 Å². The summed E-state index contributed by atoms with van der Waals surface area (Å²) in [7, 11) is 0. The first-order chi connectivity index (χ1) is 7.56. The van der Waals surface area contributed by atoms with E-state index in [0.717, 1.165) is 12.1 Å². The fraction of sp³-hybridized carbons (Fsp3) is 0.545. The molecule has 5 heteroatoms. The highest BCUT2D eigenvalue weighted by atomic mass is 16.2. The molecular weight excluding hydrogens is 206 g/mol. The van der Waals surface area contributed by atoms with Gasteiger partial charge in [-0.1, -0.05) is 6.92 Å². The molecule has 1 unspecified atom stereocenters. The summed E-state index contributed by atoms with van der Waals surface area (Å²) >= 11 is 0. The van der Waals surface area contributed by atoms with E-state index in [-0.39, 0.29) is 11.5 Å². The minimum Gasteiger partial charge on any atom is -0.354 e. The molecule has 88 valence electrons. The SMILES string of the molecule is CCCNC(=O)C(C)n1nc(C)ccc1=O. The third-order valence-electron chi connectivity index (χ3n) is 2.25. The topological polar surface area (TPSA) is 64.0 Å². The Hall–Kier alpha value is -1.65. The fourth-order valence-corrected chi connectivity index (χ4v) is 1.31. The van der Waals surface area contributed by atoms with Crippen molar-refractivity contribution in [2.75, 3.05) is 6.54 Å². The normalized spacial score (nSPS) is 12.2. The molecular formula is C11H17N3O2. The zero-order valence-corrected chi connectivity index (χ0v) is 9.86. The average molecular weight is 223 g/mol. The van der Waals surface area contributed by atoms with Crippen LogP contribution in [0.4, 0.5) is 0 Å². The molecule has 0 aliphatic carbocycles. The summed E-state index contributed by atoms with van der Waals surface area (Å²) in [5.41, 5.74) is 0.458. The Labute approximate surface area is 94.5 Å². The summed E-state index contributed by atoms with van der Waals surface area (Å²) in [6, 6.07) is 2.49. The average Bonchev–Trinajstić information content (AvgIpc) is 2.28. The highest BCUT2D eigenvalue weighted by Crippen LogP contribution is 2.00. The number of hydrogen-bond donors (Lipinski definition) is 1. The number of nitrogens with zero attached hydrogens (tertiary/aromatic N) is 2. The van der Waals surface area contributed by atoms with E-state index in [1.54, 1.807) is 19.9 Å². The molecule has 1 aromatic heterocycles. The van der Waals surface area contributed by atoms with Gasteiger partial charge in [0.25, 0.3) is 5.56 Å². The largest absolute Gasteiger partial charge is 0.354 e. The molecule has 0 bridgehead atoms. The van der Waals surface area contributed by atoms with Crippen molar-refractivity contribution in [3.63, 3.8) is 0 Å². The maximum Gasteiger partial charge on any atom is 0.267 e. The summed E-state index contributed by atoms with van der Waals surface area (Å²) < 4.78 is 1.21. The van der Waals surface area contributed by atoms with Crippen LogP contribution >= 0.6 is 0 Å². The third kappa shape index (κ3) is 2.92. The summed E-state index contributed by atoms with van der Waals surface area (Å²) in [5.74, 6) is -0.179.